The Hall–Kier alpha value is -3.17. The van der Waals surface area contributed by atoms with Crippen LogP contribution in [0.4, 0.5) is 0 Å². The second-order valence-electron chi connectivity index (χ2n) is 5.85. The number of benzene rings is 3. The largest absolute Gasteiger partial charge is 0.445 e. The van der Waals surface area contributed by atoms with E-state index >= 15 is 0 Å². The first-order valence-electron chi connectivity index (χ1n) is 8.13. The average Bonchev–Trinajstić information content (AvgIpc) is 3.20. The number of hydrogen-bond donors (Lipinski definition) is 1. The fourth-order valence-electron chi connectivity index (χ4n) is 2.95. The van der Waals surface area contributed by atoms with Crippen LogP contribution in [0.5, 0.6) is 0 Å². The molecule has 1 heterocycles. The predicted octanol–water partition coefficient (Wildman–Crippen LogP) is 4.63. The minimum absolute atomic E-state index is 0.253. The maximum Gasteiger partial charge on any atom is 0.236 e. The van der Waals surface area contributed by atoms with Gasteiger partial charge in [-0.05, 0) is 11.1 Å². The lowest BCUT2D eigenvalue weighted by Gasteiger charge is -2.25. The van der Waals surface area contributed by atoms with Gasteiger partial charge in [0.1, 0.15) is 12.0 Å². The molecule has 1 N–H and O–H groups in total. The van der Waals surface area contributed by atoms with Gasteiger partial charge < -0.3 is 9.52 Å². The van der Waals surface area contributed by atoms with Crippen molar-refractivity contribution in [1.29, 1.82) is 0 Å². The molecule has 1 aromatic heterocycles. The van der Waals surface area contributed by atoms with Crippen molar-refractivity contribution in [2.24, 2.45) is 0 Å². The predicted molar refractivity (Wildman–Crippen MR) is 96.9 cm³/mol. The summed E-state index contributed by atoms with van der Waals surface area (Å²) in [5.41, 5.74) is 1.61. The molecular weight excluding hydrogens is 310 g/mol. The highest BCUT2D eigenvalue weighted by Gasteiger charge is 2.38. The monoisotopic (exact) mass is 327 g/mol. The average molecular weight is 327 g/mol. The molecule has 4 rings (SSSR count). The Morgan fingerprint density at radius 3 is 1.68 bits per heavy atom. The molecule has 0 radical (unpaired) electrons. The lowest BCUT2D eigenvalue weighted by Crippen LogP contribution is -2.29. The van der Waals surface area contributed by atoms with Crippen LogP contribution in [-0.2, 0) is 5.60 Å². The summed E-state index contributed by atoms with van der Waals surface area (Å²) in [5.74, 6) is 0.253. The van der Waals surface area contributed by atoms with Gasteiger partial charge in [0, 0.05) is 5.56 Å². The molecule has 0 saturated carbocycles. The normalized spacial score (nSPS) is 11.4. The van der Waals surface area contributed by atoms with E-state index in [2.05, 4.69) is 4.98 Å². The smallest absolute Gasteiger partial charge is 0.236 e. The first-order chi connectivity index (χ1) is 12.3. The molecule has 0 saturated heterocycles. The summed E-state index contributed by atoms with van der Waals surface area (Å²) in [6, 6.07) is 28.7. The van der Waals surface area contributed by atoms with Gasteiger partial charge in [-0.1, -0.05) is 91.0 Å². The van der Waals surface area contributed by atoms with Gasteiger partial charge in [-0.2, -0.15) is 0 Å². The zero-order chi connectivity index (χ0) is 17.1. The van der Waals surface area contributed by atoms with Crippen molar-refractivity contribution in [2.75, 3.05) is 0 Å². The maximum atomic E-state index is 11.6. The molecule has 0 aliphatic heterocycles. The van der Waals surface area contributed by atoms with E-state index in [0.717, 1.165) is 5.56 Å². The van der Waals surface area contributed by atoms with Crippen molar-refractivity contribution in [3.8, 4) is 11.3 Å². The highest BCUT2D eigenvalue weighted by atomic mass is 16.4. The topological polar surface area (TPSA) is 46.3 Å². The Labute approximate surface area is 146 Å². The molecule has 0 unspecified atom stereocenters. The van der Waals surface area contributed by atoms with Crippen LogP contribution in [0.2, 0.25) is 0 Å². The molecule has 0 bridgehead atoms. The number of nitrogens with zero attached hydrogens (tertiary/aromatic N) is 1. The molecule has 3 heteroatoms. The summed E-state index contributed by atoms with van der Waals surface area (Å²) in [4.78, 5) is 4.59. The standard InChI is InChI=1S/C22H17NO2/c24-22(18-12-6-2-7-13-18,19-14-8-3-9-15-19)21-23-20(16-25-21)17-10-4-1-5-11-17/h1-16,24H. The van der Waals surface area contributed by atoms with Crippen molar-refractivity contribution >= 4 is 0 Å². The maximum absolute atomic E-state index is 11.6. The van der Waals surface area contributed by atoms with Gasteiger partial charge in [-0.25, -0.2) is 4.98 Å². The third-order valence-corrected chi connectivity index (χ3v) is 4.27. The van der Waals surface area contributed by atoms with E-state index < -0.39 is 5.60 Å². The van der Waals surface area contributed by atoms with Crippen LogP contribution >= 0.6 is 0 Å². The molecular formula is C22H17NO2. The molecule has 3 aromatic carbocycles. The van der Waals surface area contributed by atoms with Gasteiger partial charge >= 0.3 is 0 Å². The minimum atomic E-state index is -1.45. The van der Waals surface area contributed by atoms with E-state index in [4.69, 9.17) is 4.42 Å². The fraction of sp³-hybridized carbons (Fsp3) is 0.0455. The van der Waals surface area contributed by atoms with Gasteiger partial charge in [0.05, 0.1) is 0 Å². The van der Waals surface area contributed by atoms with Crippen LogP contribution in [0, 0.1) is 0 Å². The molecule has 122 valence electrons. The Balaban J connectivity index is 1.87. The van der Waals surface area contributed by atoms with Crippen LogP contribution in [0.25, 0.3) is 11.3 Å². The number of aromatic nitrogens is 1. The Kier molecular flexibility index (Phi) is 3.92. The van der Waals surface area contributed by atoms with Crippen LogP contribution in [0.3, 0.4) is 0 Å². The lowest BCUT2D eigenvalue weighted by molar-refractivity contribution is 0.0929. The van der Waals surface area contributed by atoms with Gasteiger partial charge in [0.15, 0.2) is 5.60 Å². The molecule has 0 aliphatic carbocycles. The number of oxazole rings is 1. The Morgan fingerprint density at radius 1 is 0.680 bits per heavy atom. The molecule has 4 aromatic rings. The minimum Gasteiger partial charge on any atom is -0.445 e. The van der Waals surface area contributed by atoms with E-state index in [1.54, 1.807) is 6.26 Å². The zero-order valence-corrected chi connectivity index (χ0v) is 13.5. The van der Waals surface area contributed by atoms with Gasteiger partial charge in [-0.15, -0.1) is 0 Å². The number of hydrogen-bond acceptors (Lipinski definition) is 3. The first kappa shape index (κ1) is 15.4. The third-order valence-electron chi connectivity index (χ3n) is 4.27. The molecule has 0 amide bonds. The molecule has 0 spiro atoms. The highest BCUT2D eigenvalue weighted by Crippen LogP contribution is 2.37. The van der Waals surface area contributed by atoms with Crippen LogP contribution in [-0.4, -0.2) is 10.1 Å². The SMILES string of the molecule is OC(c1ccccc1)(c1ccccc1)c1nc(-c2ccccc2)co1. The molecule has 0 aliphatic rings. The number of rotatable bonds is 4. The first-order valence-corrected chi connectivity index (χ1v) is 8.13. The van der Waals surface area contributed by atoms with Gasteiger partial charge in [-0.3, -0.25) is 0 Å². The molecule has 0 fully saturated rings. The lowest BCUT2D eigenvalue weighted by atomic mass is 9.86. The van der Waals surface area contributed by atoms with E-state index in [1.807, 2.05) is 91.0 Å². The second kappa shape index (κ2) is 6.38. The van der Waals surface area contributed by atoms with Crippen molar-refractivity contribution in [3.63, 3.8) is 0 Å². The molecule has 3 nitrogen and oxygen atoms in total. The zero-order valence-electron chi connectivity index (χ0n) is 13.5. The molecule has 25 heavy (non-hydrogen) atoms. The Morgan fingerprint density at radius 2 is 1.16 bits per heavy atom. The summed E-state index contributed by atoms with van der Waals surface area (Å²) < 4.78 is 5.73. The van der Waals surface area contributed by atoms with Crippen molar-refractivity contribution in [1.82, 2.24) is 4.98 Å². The van der Waals surface area contributed by atoms with E-state index in [1.165, 1.54) is 0 Å². The highest BCUT2D eigenvalue weighted by molar-refractivity contribution is 5.58. The summed E-state index contributed by atoms with van der Waals surface area (Å²) in [7, 11) is 0. The summed E-state index contributed by atoms with van der Waals surface area (Å²) in [6.07, 6.45) is 1.58. The molecule has 0 atom stereocenters. The van der Waals surface area contributed by atoms with Crippen LogP contribution < -0.4 is 0 Å². The van der Waals surface area contributed by atoms with E-state index in [-0.39, 0.29) is 5.89 Å². The van der Waals surface area contributed by atoms with Crippen LogP contribution in [0.15, 0.2) is 102 Å². The fourth-order valence-corrected chi connectivity index (χ4v) is 2.95. The van der Waals surface area contributed by atoms with Crippen molar-refractivity contribution in [2.45, 2.75) is 5.60 Å². The third kappa shape index (κ3) is 2.75. The summed E-state index contributed by atoms with van der Waals surface area (Å²) in [5, 5.41) is 11.6. The summed E-state index contributed by atoms with van der Waals surface area (Å²) in [6.45, 7) is 0. The van der Waals surface area contributed by atoms with Gasteiger partial charge in [0.25, 0.3) is 0 Å². The van der Waals surface area contributed by atoms with E-state index in [9.17, 15) is 5.11 Å². The van der Waals surface area contributed by atoms with E-state index in [0.29, 0.717) is 16.8 Å². The summed E-state index contributed by atoms with van der Waals surface area (Å²) >= 11 is 0. The second-order valence-corrected chi connectivity index (χ2v) is 5.85. The quantitative estimate of drug-likeness (QED) is 0.594. The number of aliphatic hydroxyl groups is 1. The van der Waals surface area contributed by atoms with Gasteiger partial charge in [0.2, 0.25) is 5.89 Å². The van der Waals surface area contributed by atoms with Crippen molar-refractivity contribution < 1.29 is 9.52 Å². The van der Waals surface area contributed by atoms with Crippen molar-refractivity contribution in [3.05, 3.63) is 114 Å². The Bertz CT molecular complexity index is 908. The van der Waals surface area contributed by atoms with Crippen LogP contribution in [0.1, 0.15) is 17.0 Å².